The van der Waals surface area contributed by atoms with Gasteiger partial charge in [-0.2, -0.15) is 4.31 Å². The monoisotopic (exact) mass is 311 g/mol. The van der Waals surface area contributed by atoms with Crippen LogP contribution in [0.25, 0.3) is 0 Å². The van der Waals surface area contributed by atoms with Crippen molar-refractivity contribution in [1.82, 2.24) is 4.31 Å². The zero-order chi connectivity index (χ0) is 15.6. The molecule has 0 saturated heterocycles. The minimum absolute atomic E-state index is 0.00350. The van der Waals surface area contributed by atoms with Gasteiger partial charge in [0.2, 0.25) is 10.0 Å². The van der Waals surface area contributed by atoms with Gasteiger partial charge in [0.1, 0.15) is 0 Å². The molecular weight excluding hydrogens is 290 g/mol. The number of benzene rings is 1. The van der Waals surface area contributed by atoms with Crippen LogP contribution in [0, 0.1) is 6.92 Å². The first-order valence-corrected chi connectivity index (χ1v) is 8.60. The van der Waals surface area contributed by atoms with E-state index in [2.05, 4.69) is 0 Å². The number of aromatic carboxylic acids is 1. The summed E-state index contributed by atoms with van der Waals surface area (Å²) in [5, 5.41) is 9.04. The molecule has 0 atom stereocenters. The smallest absolute Gasteiger partial charge is 0.335 e. The first kappa shape index (κ1) is 16.0. The van der Waals surface area contributed by atoms with Crippen molar-refractivity contribution >= 4 is 16.0 Å². The fourth-order valence-electron chi connectivity index (χ4n) is 2.81. The molecule has 0 aromatic heterocycles. The molecule has 1 aromatic carbocycles. The van der Waals surface area contributed by atoms with Crippen molar-refractivity contribution in [2.75, 3.05) is 7.05 Å². The lowest BCUT2D eigenvalue weighted by Gasteiger charge is -2.30. The minimum atomic E-state index is -3.66. The average molecular weight is 311 g/mol. The molecule has 1 N–H and O–H groups in total. The van der Waals surface area contributed by atoms with Crippen molar-refractivity contribution < 1.29 is 18.3 Å². The van der Waals surface area contributed by atoms with E-state index in [1.54, 1.807) is 20.0 Å². The standard InChI is InChI=1S/C15H21NO4S/c1-11-8-9-12(15(17)18)10-14(11)21(19,20)16(2)13-6-4-3-5-7-13/h8-10,13H,3-7H2,1-2H3,(H,17,18). The highest BCUT2D eigenvalue weighted by atomic mass is 32.2. The Kier molecular flexibility index (Phi) is 4.68. The van der Waals surface area contributed by atoms with Crippen LogP contribution in [0.4, 0.5) is 0 Å². The van der Waals surface area contributed by atoms with Crippen LogP contribution in [0.2, 0.25) is 0 Å². The molecule has 0 bridgehead atoms. The van der Waals surface area contributed by atoms with Crippen molar-refractivity contribution in [2.24, 2.45) is 0 Å². The average Bonchev–Trinajstić information content (AvgIpc) is 2.47. The fraction of sp³-hybridized carbons (Fsp3) is 0.533. The Bertz CT molecular complexity index is 633. The number of carboxylic acid groups (broad SMARTS) is 1. The van der Waals surface area contributed by atoms with Crippen LogP contribution in [0.1, 0.15) is 48.0 Å². The van der Waals surface area contributed by atoms with Crippen molar-refractivity contribution in [2.45, 2.75) is 50.0 Å². The molecule has 5 nitrogen and oxygen atoms in total. The second-order valence-corrected chi connectivity index (χ2v) is 7.56. The SMILES string of the molecule is Cc1ccc(C(=O)O)cc1S(=O)(=O)N(C)C1CCCCC1. The van der Waals surface area contributed by atoms with Crippen LogP contribution in [0.5, 0.6) is 0 Å². The quantitative estimate of drug-likeness (QED) is 0.927. The number of carboxylic acids is 1. The van der Waals surface area contributed by atoms with E-state index in [0.29, 0.717) is 5.56 Å². The summed E-state index contributed by atoms with van der Waals surface area (Å²) in [5.41, 5.74) is 0.568. The van der Waals surface area contributed by atoms with Crippen molar-refractivity contribution in [3.8, 4) is 0 Å². The van der Waals surface area contributed by atoms with Crippen molar-refractivity contribution in [1.29, 1.82) is 0 Å². The molecule has 1 aliphatic carbocycles. The first-order valence-electron chi connectivity index (χ1n) is 7.16. The summed E-state index contributed by atoms with van der Waals surface area (Å²) < 4.78 is 26.9. The zero-order valence-corrected chi connectivity index (χ0v) is 13.2. The Morgan fingerprint density at radius 1 is 1.24 bits per heavy atom. The molecule has 0 unspecified atom stereocenters. The summed E-state index contributed by atoms with van der Waals surface area (Å²) in [5.74, 6) is -1.12. The highest BCUT2D eigenvalue weighted by Gasteiger charge is 2.30. The molecule has 0 heterocycles. The zero-order valence-electron chi connectivity index (χ0n) is 12.4. The van der Waals surface area contributed by atoms with Crippen LogP contribution in [0.15, 0.2) is 23.1 Å². The highest BCUT2D eigenvalue weighted by molar-refractivity contribution is 7.89. The van der Waals surface area contributed by atoms with Gasteiger partial charge >= 0.3 is 5.97 Å². The van der Waals surface area contributed by atoms with E-state index in [1.165, 1.54) is 16.4 Å². The van der Waals surface area contributed by atoms with Gasteiger partial charge in [-0.05, 0) is 37.5 Å². The molecule has 1 fully saturated rings. The topological polar surface area (TPSA) is 74.7 Å². The first-order chi connectivity index (χ1) is 9.84. The number of hydrogen-bond acceptors (Lipinski definition) is 3. The van der Waals surface area contributed by atoms with Crippen LogP contribution < -0.4 is 0 Å². The molecule has 1 aliphatic rings. The van der Waals surface area contributed by atoms with E-state index in [4.69, 9.17) is 5.11 Å². The van der Waals surface area contributed by atoms with E-state index in [1.807, 2.05) is 0 Å². The maximum Gasteiger partial charge on any atom is 0.335 e. The van der Waals surface area contributed by atoms with Gasteiger partial charge in [-0.15, -0.1) is 0 Å². The Balaban J connectivity index is 2.38. The van der Waals surface area contributed by atoms with Crippen LogP contribution in [0.3, 0.4) is 0 Å². The summed E-state index contributed by atoms with van der Waals surface area (Å²) >= 11 is 0. The van der Waals surface area contributed by atoms with Gasteiger partial charge in [-0.3, -0.25) is 0 Å². The van der Waals surface area contributed by atoms with Gasteiger partial charge in [0.05, 0.1) is 10.5 Å². The largest absolute Gasteiger partial charge is 0.478 e. The van der Waals surface area contributed by atoms with Crippen molar-refractivity contribution in [3.05, 3.63) is 29.3 Å². The molecule has 1 aromatic rings. The molecule has 0 radical (unpaired) electrons. The number of carbonyl (C=O) groups is 1. The molecule has 0 aliphatic heterocycles. The molecule has 21 heavy (non-hydrogen) atoms. The predicted octanol–water partition coefficient (Wildman–Crippen LogP) is 2.65. The second-order valence-electron chi connectivity index (χ2n) is 5.60. The van der Waals surface area contributed by atoms with Gasteiger partial charge in [0.15, 0.2) is 0 Å². The molecule has 116 valence electrons. The second kappa shape index (κ2) is 6.15. The number of nitrogens with zero attached hydrogens (tertiary/aromatic N) is 1. The minimum Gasteiger partial charge on any atom is -0.478 e. The van der Waals surface area contributed by atoms with Crippen LogP contribution in [-0.4, -0.2) is 36.9 Å². The summed E-state index contributed by atoms with van der Waals surface area (Å²) in [6.45, 7) is 1.69. The van der Waals surface area contributed by atoms with Gasteiger partial charge in [-0.25, -0.2) is 13.2 Å². The molecule has 1 saturated carbocycles. The molecule has 0 amide bonds. The lowest BCUT2D eigenvalue weighted by Crippen LogP contribution is -2.38. The third kappa shape index (κ3) is 3.27. The summed E-state index contributed by atoms with van der Waals surface area (Å²) in [7, 11) is -2.06. The van der Waals surface area contributed by atoms with E-state index in [0.717, 1.165) is 32.1 Å². The van der Waals surface area contributed by atoms with E-state index in [9.17, 15) is 13.2 Å². The predicted molar refractivity (Wildman–Crippen MR) is 80.0 cm³/mol. The maximum absolute atomic E-state index is 12.8. The lowest BCUT2D eigenvalue weighted by molar-refractivity contribution is 0.0696. The van der Waals surface area contributed by atoms with Crippen LogP contribution in [-0.2, 0) is 10.0 Å². The van der Waals surface area contributed by atoms with Gasteiger partial charge < -0.3 is 5.11 Å². The Labute approximate surface area is 125 Å². The van der Waals surface area contributed by atoms with Gasteiger partial charge in [0, 0.05) is 13.1 Å². The normalized spacial score (nSPS) is 17.1. The van der Waals surface area contributed by atoms with E-state index in [-0.39, 0.29) is 16.5 Å². The fourth-order valence-corrected chi connectivity index (χ4v) is 4.47. The summed E-state index contributed by atoms with van der Waals surface area (Å²) in [4.78, 5) is 11.1. The lowest BCUT2D eigenvalue weighted by atomic mass is 9.96. The van der Waals surface area contributed by atoms with E-state index < -0.39 is 16.0 Å². The Morgan fingerprint density at radius 2 is 1.86 bits per heavy atom. The molecular formula is C15H21NO4S. The third-order valence-corrected chi connectivity index (χ3v) is 6.23. The molecule has 2 rings (SSSR count). The number of sulfonamides is 1. The van der Waals surface area contributed by atoms with Crippen molar-refractivity contribution in [3.63, 3.8) is 0 Å². The molecule has 6 heteroatoms. The third-order valence-electron chi connectivity index (χ3n) is 4.18. The molecule has 0 spiro atoms. The summed E-state index contributed by atoms with van der Waals surface area (Å²) in [6.07, 6.45) is 4.97. The Morgan fingerprint density at radius 3 is 2.43 bits per heavy atom. The van der Waals surface area contributed by atoms with Crippen LogP contribution >= 0.6 is 0 Å². The number of aryl methyl sites for hydroxylation is 1. The van der Waals surface area contributed by atoms with Gasteiger partial charge in [-0.1, -0.05) is 25.3 Å². The number of hydrogen-bond donors (Lipinski definition) is 1. The van der Waals surface area contributed by atoms with E-state index >= 15 is 0 Å². The maximum atomic E-state index is 12.8. The highest BCUT2D eigenvalue weighted by Crippen LogP contribution is 2.28. The number of rotatable bonds is 4. The van der Waals surface area contributed by atoms with Gasteiger partial charge in [0.25, 0.3) is 0 Å². The Hall–Kier alpha value is -1.40. The summed E-state index contributed by atoms with van der Waals surface area (Å²) in [6, 6.07) is 4.24.